The van der Waals surface area contributed by atoms with Crippen LogP contribution in [0.5, 0.6) is 5.75 Å². The van der Waals surface area contributed by atoms with Gasteiger partial charge in [0.25, 0.3) is 0 Å². The van der Waals surface area contributed by atoms with Crippen LogP contribution in [-0.2, 0) is 6.61 Å². The average Bonchev–Trinajstić information content (AvgIpc) is 2.32. The number of halogens is 4. The van der Waals surface area contributed by atoms with E-state index in [9.17, 15) is 8.78 Å². The molecule has 0 bridgehead atoms. The Morgan fingerprint density at radius 1 is 1.06 bits per heavy atom. The van der Waals surface area contributed by atoms with Crippen LogP contribution in [0.15, 0.2) is 40.9 Å². The SMILES string of the molecule is Fc1cc(Cl)ccc1COc1cc(Br)ccc1F. The molecule has 2 rings (SSSR count). The molecule has 2 aromatic carbocycles. The predicted molar refractivity (Wildman–Crippen MR) is 69.8 cm³/mol. The number of hydrogen-bond acceptors (Lipinski definition) is 1. The van der Waals surface area contributed by atoms with Crippen molar-refractivity contribution in [2.24, 2.45) is 0 Å². The smallest absolute Gasteiger partial charge is 0.165 e. The lowest BCUT2D eigenvalue weighted by molar-refractivity contribution is 0.284. The summed E-state index contributed by atoms with van der Waals surface area (Å²) in [6.45, 7) is -0.0592. The van der Waals surface area contributed by atoms with Gasteiger partial charge >= 0.3 is 0 Å². The second-order valence-corrected chi connectivity index (χ2v) is 4.95. The maximum absolute atomic E-state index is 13.5. The summed E-state index contributed by atoms with van der Waals surface area (Å²) in [4.78, 5) is 0. The molecule has 0 amide bonds. The van der Waals surface area contributed by atoms with Gasteiger partial charge in [-0.3, -0.25) is 0 Å². The maximum Gasteiger partial charge on any atom is 0.165 e. The molecule has 1 nitrogen and oxygen atoms in total. The molecule has 0 aliphatic heterocycles. The highest BCUT2D eigenvalue weighted by molar-refractivity contribution is 9.10. The summed E-state index contributed by atoms with van der Waals surface area (Å²) in [7, 11) is 0. The molecule has 0 saturated heterocycles. The fourth-order valence-electron chi connectivity index (χ4n) is 1.38. The first-order chi connectivity index (χ1) is 8.56. The lowest BCUT2D eigenvalue weighted by Gasteiger charge is -2.08. The average molecular weight is 334 g/mol. The molecule has 0 N–H and O–H groups in total. The molecular formula is C13H8BrClF2O. The molecule has 2 aromatic rings. The van der Waals surface area contributed by atoms with E-state index in [2.05, 4.69) is 15.9 Å². The topological polar surface area (TPSA) is 9.23 Å². The van der Waals surface area contributed by atoms with Crippen molar-refractivity contribution in [2.45, 2.75) is 6.61 Å². The Balaban J connectivity index is 2.13. The molecule has 5 heteroatoms. The minimum atomic E-state index is -0.493. The summed E-state index contributed by atoms with van der Waals surface area (Å²) in [5.74, 6) is -0.899. The lowest BCUT2D eigenvalue weighted by atomic mass is 10.2. The van der Waals surface area contributed by atoms with E-state index in [-0.39, 0.29) is 12.4 Å². The summed E-state index contributed by atoms with van der Waals surface area (Å²) in [6.07, 6.45) is 0. The zero-order valence-electron chi connectivity index (χ0n) is 9.09. The van der Waals surface area contributed by atoms with Crippen LogP contribution >= 0.6 is 27.5 Å². The quantitative estimate of drug-likeness (QED) is 0.771. The number of rotatable bonds is 3. The van der Waals surface area contributed by atoms with Gasteiger partial charge in [0.2, 0.25) is 0 Å². The van der Waals surface area contributed by atoms with E-state index in [4.69, 9.17) is 16.3 Å². The van der Waals surface area contributed by atoms with E-state index in [1.165, 1.54) is 24.3 Å². The fourth-order valence-corrected chi connectivity index (χ4v) is 1.88. The molecule has 0 aromatic heterocycles. The third kappa shape index (κ3) is 3.21. The van der Waals surface area contributed by atoms with Crippen LogP contribution in [0.2, 0.25) is 5.02 Å². The minimum Gasteiger partial charge on any atom is -0.486 e. The Bertz CT molecular complexity index is 575. The van der Waals surface area contributed by atoms with Gasteiger partial charge in [0, 0.05) is 15.1 Å². The van der Waals surface area contributed by atoms with Gasteiger partial charge in [-0.15, -0.1) is 0 Å². The third-order valence-electron chi connectivity index (χ3n) is 2.29. The summed E-state index contributed by atoms with van der Waals surface area (Å²) in [5.41, 5.74) is 0.318. The Morgan fingerprint density at radius 3 is 2.56 bits per heavy atom. The summed E-state index contributed by atoms with van der Waals surface area (Å²) in [5, 5.41) is 0.310. The number of ether oxygens (including phenoxy) is 1. The standard InChI is InChI=1S/C13H8BrClF2O/c14-9-2-4-11(16)13(5-9)18-7-8-1-3-10(15)6-12(8)17/h1-6H,7H2. The Labute approximate surface area is 116 Å². The summed E-state index contributed by atoms with van der Waals surface area (Å²) >= 11 is 8.84. The van der Waals surface area contributed by atoms with Gasteiger partial charge in [-0.2, -0.15) is 0 Å². The van der Waals surface area contributed by atoms with Crippen molar-refractivity contribution in [1.82, 2.24) is 0 Å². The molecule has 0 fully saturated rings. The van der Waals surface area contributed by atoms with Gasteiger partial charge in [0.15, 0.2) is 11.6 Å². The van der Waals surface area contributed by atoms with Crippen LogP contribution in [0, 0.1) is 11.6 Å². The summed E-state index contributed by atoms with van der Waals surface area (Å²) in [6, 6.07) is 8.58. The monoisotopic (exact) mass is 332 g/mol. The second kappa shape index (κ2) is 5.67. The first kappa shape index (κ1) is 13.3. The third-order valence-corrected chi connectivity index (χ3v) is 3.02. The zero-order valence-corrected chi connectivity index (χ0v) is 11.4. The first-order valence-electron chi connectivity index (χ1n) is 5.08. The van der Waals surface area contributed by atoms with E-state index >= 15 is 0 Å². The lowest BCUT2D eigenvalue weighted by Crippen LogP contribution is -2.00. The highest BCUT2D eigenvalue weighted by atomic mass is 79.9. The van der Waals surface area contributed by atoms with Gasteiger partial charge in [-0.1, -0.05) is 33.6 Å². The Kier molecular flexibility index (Phi) is 4.19. The van der Waals surface area contributed by atoms with Crippen molar-refractivity contribution in [3.8, 4) is 5.75 Å². The molecule has 0 saturated carbocycles. The predicted octanol–water partition coefficient (Wildman–Crippen LogP) is 4.96. The molecule has 0 heterocycles. The largest absolute Gasteiger partial charge is 0.486 e. The Hall–Kier alpha value is -1.13. The molecule has 0 atom stereocenters. The van der Waals surface area contributed by atoms with Crippen molar-refractivity contribution < 1.29 is 13.5 Å². The number of hydrogen-bond donors (Lipinski definition) is 0. The molecule has 0 aliphatic rings. The van der Waals surface area contributed by atoms with Crippen LogP contribution < -0.4 is 4.74 Å². The molecule has 0 spiro atoms. The van der Waals surface area contributed by atoms with E-state index in [1.54, 1.807) is 12.1 Å². The van der Waals surface area contributed by atoms with Crippen molar-refractivity contribution in [2.75, 3.05) is 0 Å². The van der Waals surface area contributed by atoms with Crippen molar-refractivity contribution in [3.05, 3.63) is 63.1 Å². The van der Waals surface area contributed by atoms with Crippen LogP contribution in [0.25, 0.3) is 0 Å². The van der Waals surface area contributed by atoms with Gasteiger partial charge in [0.1, 0.15) is 12.4 Å². The van der Waals surface area contributed by atoms with Crippen LogP contribution in [-0.4, -0.2) is 0 Å². The fraction of sp³-hybridized carbons (Fsp3) is 0.0769. The van der Waals surface area contributed by atoms with Crippen molar-refractivity contribution in [3.63, 3.8) is 0 Å². The zero-order chi connectivity index (χ0) is 13.1. The molecule has 18 heavy (non-hydrogen) atoms. The highest BCUT2D eigenvalue weighted by Gasteiger charge is 2.07. The normalized spacial score (nSPS) is 10.4. The van der Waals surface area contributed by atoms with Crippen molar-refractivity contribution >= 4 is 27.5 Å². The molecule has 0 aliphatic carbocycles. The highest BCUT2D eigenvalue weighted by Crippen LogP contribution is 2.24. The minimum absolute atomic E-state index is 0.0592. The summed E-state index contributed by atoms with van der Waals surface area (Å²) < 4.78 is 32.8. The molecule has 94 valence electrons. The molecule has 0 unspecified atom stereocenters. The van der Waals surface area contributed by atoms with Crippen LogP contribution in [0.4, 0.5) is 8.78 Å². The van der Waals surface area contributed by atoms with Crippen molar-refractivity contribution in [1.29, 1.82) is 0 Å². The maximum atomic E-state index is 13.5. The van der Waals surface area contributed by atoms with Gasteiger partial charge in [0.05, 0.1) is 0 Å². The van der Waals surface area contributed by atoms with Gasteiger partial charge < -0.3 is 4.74 Å². The Morgan fingerprint density at radius 2 is 1.83 bits per heavy atom. The first-order valence-corrected chi connectivity index (χ1v) is 6.25. The van der Waals surface area contributed by atoms with Crippen LogP contribution in [0.3, 0.4) is 0 Å². The van der Waals surface area contributed by atoms with Gasteiger partial charge in [-0.25, -0.2) is 8.78 Å². The van der Waals surface area contributed by atoms with Crippen LogP contribution in [0.1, 0.15) is 5.56 Å². The van der Waals surface area contributed by atoms with E-state index in [0.717, 1.165) is 0 Å². The van der Waals surface area contributed by atoms with Gasteiger partial charge in [-0.05, 0) is 30.3 Å². The number of benzene rings is 2. The molecular weight excluding hydrogens is 325 g/mol. The molecule has 0 radical (unpaired) electrons. The van der Waals surface area contributed by atoms with E-state index < -0.39 is 11.6 Å². The second-order valence-electron chi connectivity index (χ2n) is 3.60. The van der Waals surface area contributed by atoms with E-state index in [0.29, 0.717) is 15.1 Å². The van der Waals surface area contributed by atoms with E-state index in [1.807, 2.05) is 0 Å².